The fourth-order valence-corrected chi connectivity index (χ4v) is 1.62. The molecule has 0 atom stereocenters. The van der Waals surface area contributed by atoms with E-state index in [0.717, 1.165) is 12.8 Å². The van der Waals surface area contributed by atoms with Crippen LogP contribution in [0.4, 0.5) is 0 Å². The van der Waals surface area contributed by atoms with E-state index < -0.39 is 0 Å². The molecule has 0 aromatic heterocycles. The average Bonchev–Trinajstić information content (AvgIpc) is 2.16. The molecular formula is C12H23NO3. The summed E-state index contributed by atoms with van der Waals surface area (Å²) in [6.45, 7) is 8.58. The zero-order chi connectivity index (χ0) is 12.0. The largest absolute Gasteiger partial charge is 0.379 e. The summed E-state index contributed by atoms with van der Waals surface area (Å²) < 4.78 is 10.5. The third-order valence-corrected chi connectivity index (χ3v) is 2.97. The Balaban J connectivity index is 2.10. The number of hydrogen-bond acceptors (Lipinski definition) is 3. The normalized spacial score (nSPS) is 18.2. The highest BCUT2D eigenvalue weighted by Crippen LogP contribution is 2.31. The summed E-state index contributed by atoms with van der Waals surface area (Å²) in [5.74, 6) is 0.130. The number of carbonyl (C=O) groups is 1. The van der Waals surface area contributed by atoms with Crippen molar-refractivity contribution in [3.05, 3.63) is 0 Å². The van der Waals surface area contributed by atoms with Crippen LogP contribution in [0.1, 0.15) is 33.6 Å². The van der Waals surface area contributed by atoms with Gasteiger partial charge < -0.3 is 14.8 Å². The van der Waals surface area contributed by atoms with Gasteiger partial charge in [-0.1, -0.05) is 6.92 Å². The van der Waals surface area contributed by atoms with Crippen molar-refractivity contribution < 1.29 is 14.3 Å². The van der Waals surface area contributed by atoms with Crippen LogP contribution in [0.3, 0.4) is 0 Å². The van der Waals surface area contributed by atoms with Crippen LogP contribution < -0.4 is 5.32 Å². The first-order valence-corrected chi connectivity index (χ1v) is 6.08. The molecule has 1 N–H and O–H groups in total. The van der Waals surface area contributed by atoms with Crippen LogP contribution in [0.15, 0.2) is 0 Å². The van der Waals surface area contributed by atoms with Crippen molar-refractivity contribution in [2.75, 3.05) is 26.4 Å². The van der Waals surface area contributed by atoms with Gasteiger partial charge in [0, 0.05) is 13.2 Å². The highest BCUT2D eigenvalue weighted by atomic mass is 16.5. The molecule has 0 aromatic carbocycles. The molecule has 1 saturated heterocycles. The Kier molecular flexibility index (Phi) is 5.22. The molecule has 0 spiro atoms. The standard InChI is InChI=1S/C12H23NO3/c1-4-12(8-15-9-12)11(14)13-6-5-7-16-10(2)3/h10H,4-9H2,1-3H3,(H,13,14). The van der Waals surface area contributed by atoms with Crippen LogP contribution in [0.5, 0.6) is 0 Å². The first kappa shape index (κ1) is 13.5. The summed E-state index contributed by atoms with van der Waals surface area (Å²) in [4.78, 5) is 11.8. The maximum absolute atomic E-state index is 11.8. The molecule has 0 bridgehead atoms. The van der Waals surface area contributed by atoms with Crippen molar-refractivity contribution in [2.24, 2.45) is 5.41 Å². The summed E-state index contributed by atoms with van der Waals surface area (Å²) in [5, 5.41) is 2.95. The van der Waals surface area contributed by atoms with Crippen LogP contribution in [0.2, 0.25) is 0 Å². The number of rotatable bonds is 7. The first-order valence-electron chi connectivity index (χ1n) is 6.08. The number of amides is 1. The number of carbonyl (C=O) groups excluding carboxylic acids is 1. The van der Waals surface area contributed by atoms with E-state index in [1.165, 1.54) is 0 Å². The maximum Gasteiger partial charge on any atom is 0.230 e. The van der Waals surface area contributed by atoms with Gasteiger partial charge in [-0.15, -0.1) is 0 Å². The summed E-state index contributed by atoms with van der Waals surface area (Å²) in [6.07, 6.45) is 1.98. The van der Waals surface area contributed by atoms with Gasteiger partial charge in [-0.25, -0.2) is 0 Å². The van der Waals surface area contributed by atoms with E-state index in [-0.39, 0.29) is 17.4 Å². The van der Waals surface area contributed by atoms with Gasteiger partial charge in [0.05, 0.1) is 24.7 Å². The summed E-state index contributed by atoms with van der Waals surface area (Å²) in [6, 6.07) is 0. The second-order valence-corrected chi connectivity index (χ2v) is 4.66. The van der Waals surface area contributed by atoms with E-state index in [0.29, 0.717) is 26.4 Å². The SMILES string of the molecule is CCC1(C(=O)NCCCOC(C)C)COC1. The molecule has 0 aliphatic carbocycles. The zero-order valence-corrected chi connectivity index (χ0v) is 10.5. The molecule has 1 rings (SSSR count). The van der Waals surface area contributed by atoms with E-state index in [1.807, 2.05) is 20.8 Å². The minimum atomic E-state index is -0.251. The van der Waals surface area contributed by atoms with Crippen LogP contribution in [-0.4, -0.2) is 38.4 Å². The molecule has 0 unspecified atom stereocenters. The maximum atomic E-state index is 11.8. The Morgan fingerprint density at radius 2 is 2.19 bits per heavy atom. The second-order valence-electron chi connectivity index (χ2n) is 4.66. The van der Waals surface area contributed by atoms with Crippen LogP contribution in [0.25, 0.3) is 0 Å². The Morgan fingerprint density at radius 3 is 2.62 bits per heavy atom. The molecule has 16 heavy (non-hydrogen) atoms. The third kappa shape index (κ3) is 3.46. The molecule has 1 fully saturated rings. The highest BCUT2D eigenvalue weighted by molar-refractivity contribution is 5.83. The summed E-state index contributed by atoms with van der Waals surface area (Å²) in [5.41, 5.74) is -0.251. The quantitative estimate of drug-likeness (QED) is 0.670. The lowest BCUT2D eigenvalue weighted by Crippen LogP contribution is -2.53. The first-order chi connectivity index (χ1) is 7.60. The van der Waals surface area contributed by atoms with Gasteiger partial charge in [0.25, 0.3) is 0 Å². The molecule has 1 amide bonds. The van der Waals surface area contributed by atoms with Gasteiger partial charge in [-0.05, 0) is 26.7 Å². The lowest BCUT2D eigenvalue weighted by Gasteiger charge is -2.39. The molecule has 0 radical (unpaired) electrons. The molecule has 0 saturated carbocycles. The fourth-order valence-electron chi connectivity index (χ4n) is 1.62. The van der Waals surface area contributed by atoms with E-state index >= 15 is 0 Å². The van der Waals surface area contributed by atoms with Crippen molar-refractivity contribution in [1.29, 1.82) is 0 Å². The monoisotopic (exact) mass is 229 g/mol. The van der Waals surface area contributed by atoms with Crippen molar-refractivity contribution in [3.63, 3.8) is 0 Å². The van der Waals surface area contributed by atoms with Gasteiger partial charge in [0.15, 0.2) is 0 Å². The molecule has 1 heterocycles. The Hall–Kier alpha value is -0.610. The predicted octanol–water partition coefficient (Wildman–Crippen LogP) is 1.34. The van der Waals surface area contributed by atoms with Gasteiger partial charge >= 0.3 is 0 Å². The topological polar surface area (TPSA) is 47.6 Å². The minimum Gasteiger partial charge on any atom is -0.379 e. The summed E-state index contributed by atoms with van der Waals surface area (Å²) in [7, 11) is 0. The fraction of sp³-hybridized carbons (Fsp3) is 0.917. The van der Waals surface area contributed by atoms with Crippen molar-refractivity contribution >= 4 is 5.91 Å². The number of ether oxygens (including phenoxy) is 2. The third-order valence-electron chi connectivity index (χ3n) is 2.97. The Morgan fingerprint density at radius 1 is 1.50 bits per heavy atom. The van der Waals surface area contributed by atoms with Gasteiger partial charge in [0.1, 0.15) is 0 Å². The molecule has 1 aliphatic heterocycles. The Bertz CT molecular complexity index is 219. The summed E-state index contributed by atoms with van der Waals surface area (Å²) >= 11 is 0. The predicted molar refractivity (Wildman–Crippen MR) is 62.3 cm³/mol. The average molecular weight is 229 g/mol. The second kappa shape index (κ2) is 6.21. The molecule has 0 aromatic rings. The van der Waals surface area contributed by atoms with Crippen molar-refractivity contribution in [3.8, 4) is 0 Å². The van der Waals surface area contributed by atoms with E-state index in [4.69, 9.17) is 9.47 Å². The minimum absolute atomic E-state index is 0.130. The molecule has 1 aliphatic rings. The lowest BCUT2D eigenvalue weighted by atomic mass is 9.82. The smallest absolute Gasteiger partial charge is 0.230 e. The van der Waals surface area contributed by atoms with Gasteiger partial charge in [0.2, 0.25) is 5.91 Å². The zero-order valence-electron chi connectivity index (χ0n) is 10.5. The van der Waals surface area contributed by atoms with E-state index in [1.54, 1.807) is 0 Å². The molecule has 4 heteroatoms. The highest BCUT2D eigenvalue weighted by Gasteiger charge is 2.43. The van der Waals surface area contributed by atoms with Crippen molar-refractivity contribution in [1.82, 2.24) is 5.32 Å². The Labute approximate surface area is 97.7 Å². The van der Waals surface area contributed by atoms with Crippen molar-refractivity contribution in [2.45, 2.75) is 39.7 Å². The molecule has 4 nitrogen and oxygen atoms in total. The van der Waals surface area contributed by atoms with Crippen LogP contribution in [0, 0.1) is 5.41 Å². The van der Waals surface area contributed by atoms with Gasteiger partial charge in [-0.3, -0.25) is 4.79 Å². The van der Waals surface area contributed by atoms with Crippen LogP contribution >= 0.6 is 0 Å². The molecular weight excluding hydrogens is 206 g/mol. The van der Waals surface area contributed by atoms with Crippen LogP contribution in [-0.2, 0) is 14.3 Å². The van der Waals surface area contributed by atoms with E-state index in [9.17, 15) is 4.79 Å². The van der Waals surface area contributed by atoms with Gasteiger partial charge in [-0.2, -0.15) is 0 Å². The lowest BCUT2D eigenvalue weighted by molar-refractivity contribution is -0.162. The number of hydrogen-bond donors (Lipinski definition) is 1. The molecule has 94 valence electrons. The number of nitrogens with one attached hydrogen (secondary N) is 1. The van der Waals surface area contributed by atoms with E-state index in [2.05, 4.69) is 5.32 Å².